The van der Waals surface area contributed by atoms with Gasteiger partial charge in [-0.1, -0.05) is 62.4 Å². The number of likely N-dealkylation sites (tertiary alicyclic amines) is 1. The molecule has 7 rings (SSSR count). The fourth-order valence-corrected chi connectivity index (χ4v) is 8.97. The van der Waals surface area contributed by atoms with Crippen LogP contribution in [0.15, 0.2) is 72.8 Å². The lowest BCUT2D eigenvalue weighted by molar-refractivity contribution is -0.274. The van der Waals surface area contributed by atoms with Crippen LogP contribution in [-0.4, -0.2) is 75.7 Å². The predicted molar refractivity (Wildman–Crippen MR) is 175 cm³/mol. The zero-order chi connectivity index (χ0) is 33.8. The molecule has 3 aromatic carbocycles. The predicted octanol–water partition coefficient (Wildman–Crippen LogP) is 6.25. The van der Waals surface area contributed by atoms with Gasteiger partial charge in [0, 0.05) is 30.8 Å². The Morgan fingerprint density at radius 3 is 2.67 bits per heavy atom. The number of phenolic OH excluding ortho intramolecular Hbond substituents is 1. The van der Waals surface area contributed by atoms with Crippen LogP contribution in [0, 0.1) is 5.92 Å². The average Bonchev–Trinajstić information content (AvgIpc) is 3.39. The maximum absolute atomic E-state index is 14.0. The highest BCUT2D eigenvalue weighted by atomic mass is 19.4. The summed E-state index contributed by atoms with van der Waals surface area (Å²) in [5.74, 6) is -0.110. The van der Waals surface area contributed by atoms with Crippen LogP contribution < -0.4 is 9.47 Å². The van der Waals surface area contributed by atoms with Crippen molar-refractivity contribution < 1.29 is 37.7 Å². The van der Waals surface area contributed by atoms with E-state index < -0.39 is 29.5 Å². The highest BCUT2D eigenvalue weighted by Gasteiger charge is 2.73. The second kappa shape index (κ2) is 12.1. The van der Waals surface area contributed by atoms with Crippen LogP contribution >= 0.6 is 0 Å². The van der Waals surface area contributed by atoms with E-state index >= 15 is 0 Å². The molecule has 1 saturated carbocycles. The Hall–Kier alpha value is -4.02. The Kier molecular flexibility index (Phi) is 8.23. The van der Waals surface area contributed by atoms with Crippen molar-refractivity contribution in [2.24, 2.45) is 5.92 Å². The van der Waals surface area contributed by atoms with Crippen molar-refractivity contribution in [3.8, 4) is 17.2 Å². The molecule has 3 aromatic rings. The molecule has 2 fully saturated rings. The van der Waals surface area contributed by atoms with Gasteiger partial charge >= 0.3 is 6.36 Å². The Balaban J connectivity index is 1.21. The van der Waals surface area contributed by atoms with Crippen molar-refractivity contribution in [2.75, 3.05) is 19.6 Å². The number of phenols is 1. The molecule has 10 heteroatoms. The van der Waals surface area contributed by atoms with Crippen molar-refractivity contribution >= 4 is 12.0 Å². The number of rotatable bonds is 9. The largest absolute Gasteiger partial charge is 0.573 e. The number of aromatic hydroxyl groups is 1. The lowest BCUT2D eigenvalue weighted by Crippen LogP contribution is -2.78. The number of piperidine rings is 1. The van der Waals surface area contributed by atoms with Gasteiger partial charge in [-0.3, -0.25) is 9.69 Å². The third kappa shape index (κ3) is 5.52. The summed E-state index contributed by atoms with van der Waals surface area (Å²) in [6.07, 6.45) is 0.550. The molecule has 5 atom stereocenters. The van der Waals surface area contributed by atoms with Gasteiger partial charge < -0.3 is 24.6 Å². The third-order valence-electron chi connectivity index (χ3n) is 10.8. The second-order valence-electron chi connectivity index (χ2n) is 14.1. The lowest BCUT2D eigenvalue weighted by atomic mass is 9.48. The summed E-state index contributed by atoms with van der Waals surface area (Å²) >= 11 is 0. The molecule has 48 heavy (non-hydrogen) atoms. The van der Waals surface area contributed by atoms with Crippen molar-refractivity contribution in [2.45, 2.75) is 81.5 Å². The summed E-state index contributed by atoms with van der Waals surface area (Å²) in [7, 11) is 0. The smallest absolute Gasteiger partial charge is 0.504 e. The van der Waals surface area contributed by atoms with E-state index in [0.717, 1.165) is 30.6 Å². The Bertz CT molecular complexity index is 1710. The number of carbonyl (C=O) groups excluding carboxylic acids is 1. The summed E-state index contributed by atoms with van der Waals surface area (Å²) < 4.78 is 49.2. The molecular formula is C38H41F3N2O5. The van der Waals surface area contributed by atoms with Gasteiger partial charge in [0.25, 0.3) is 0 Å². The molecule has 254 valence electrons. The van der Waals surface area contributed by atoms with Crippen LogP contribution in [0.5, 0.6) is 17.2 Å². The summed E-state index contributed by atoms with van der Waals surface area (Å²) in [4.78, 5) is 18.2. The highest BCUT2D eigenvalue weighted by molar-refractivity contribution is 5.92. The van der Waals surface area contributed by atoms with E-state index in [2.05, 4.69) is 21.8 Å². The topological polar surface area (TPSA) is 82.5 Å². The van der Waals surface area contributed by atoms with E-state index in [-0.39, 0.29) is 29.4 Å². The van der Waals surface area contributed by atoms with E-state index in [4.69, 9.17) is 4.74 Å². The maximum Gasteiger partial charge on any atom is 0.573 e. The van der Waals surface area contributed by atoms with Crippen LogP contribution in [-0.2, 0) is 23.1 Å². The van der Waals surface area contributed by atoms with Gasteiger partial charge in [-0.25, -0.2) is 0 Å². The molecule has 1 saturated heterocycles. The fraction of sp³-hybridized carbons (Fsp3) is 0.447. The molecule has 0 aromatic heterocycles. The number of halogens is 3. The first kappa shape index (κ1) is 32.5. The molecular weight excluding hydrogens is 621 g/mol. The first-order valence-electron chi connectivity index (χ1n) is 16.8. The van der Waals surface area contributed by atoms with E-state index in [0.29, 0.717) is 43.5 Å². The number of hydrogen-bond acceptors (Lipinski definition) is 6. The standard InChI is InChI=1S/C38H41F3N2O5/c1-24(2)23-43(32(45)14-11-26-9-6-10-28(21-26)48-38(39,40)41)29-15-17-37(46)31-22-27-12-13-30(44)34-33(27)36(37,35(29)47-34)18-20-42(31)19-16-25-7-4-3-5-8-25/h3-14,21,24,29,31,35,44,46H,15-20,22-23H2,1-2H3/t29-,31-,35+,36+,37-/m1/s1. The van der Waals surface area contributed by atoms with Gasteiger partial charge in [-0.05, 0) is 85.5 Å². The molecule has 2 bridgehead atoms. The van der Waals surface area contributed by atoms with E-state index in [1.165, 1.54) is 35.9 Å². The molecule has 2 heterocycles. The SMILES string of the molecule is CC(C)CN(C(=O)C=Cc1cccc(OC(F)(F)F)c1)[C@@H]1CC[C@@]2(O)[C@H]3Cc4ccc(O)c5c4[C@@]2(CCN3CCc2ccccc2)[C@H]1O5. The second-order valence-corrected chi connectivity index (χ2v) is 14.1. The van der Waals surface area contributed by atoms with Crippen LogP contribution in [0.3, 0.4) is 0 Å². The minimum atomic E-state index is -4.82. The number of amides is 1. The molecule has 4 aliphatic rings. The average molecular weight is 663 g/mol. The molecule has 0 radical (unpaired) electrons. The van der Waals surface area contributed by atoms with Crippen LogP contribution in [0.25, 0.3) is 6.08 Å². The quantitative estimate of drug-likeness (QED) is 0.264. The Morgan fingerprint density at radius 1 is 1.12 bits per heavy atom. The van der Waals surface area contributed by atoms with Crippen molar-refractivity contribution in [1.82, 2.24) is 9.80 Å². The normalized spacial score (nSPS) is 27.5. The number of ether oxygens (including phenoxy) is 2. The van der Waals surface area contributed by atoms with Gasteiger partial charge in [0.2, 0.25) is 5.91 Å². The minimum Gasteiger partial charge on any atom is -0.504 e. The summed E-state index contributed by atoms with van der Waals surface area (Å²) in [6, 6.07) is 18.9. The summed E-state index contributed by atoms with van der Waals surface area (Å²) in [6.45, 7) is 6.02. The lowest BCUT2D eigenvalue weighted by Gasteiger charge is -2.65. The summed E-state index contributed by atoms with van der Waals surface area (Å²) in [5, 5.41) is 24.0. The molecule has 2 N–H and O–H groups in total. The number of carbonyl (C=O) groups is 1. The van der Waals surface area contributed by atoms with Gasteiger partial charge in [0.15, 0.2) is 11.5 Å². The fourth-order valence-electron chi connectivity index (χ4n) is 8.97. The Morgan fingerprint density at radius 2 is 1.92 bits per heavy atom. The van der Waals surface area contributed by atoms with Crippen molar-refractivity contribution in [1.29, 1.82) is 0 Å². The molecule has 1 spiro atoms. The molecule has 0 unspecified atom stereocenters. The number of hydrogen-bond donors (Lipinski definition) is 2. The van der Waals surface area contributed by atoms with E-state index in [1.54, 1.807) is 17.0 Å². The van der Waals surface area contributed by atoms with Crippen molar-refractivity contribution in [3.05, 3.63) is 95.1 Å². The first-order chi connectivity index (χ1) is 22.9. The highest BCUT2D eigenvalue weighted by Crippen LogP contribution is 2.66. The third-order valence-corrected chi connectivity index (χ3v) is 10.8. The number of benzene rings is 3. The molecule has 2 aliphatic carbocycles. The van der Waals surface area contributed by atoms with Gasteiger partial charge in [-0.15, -0.1) is 13.2 Å². The first-order valence-corrected chi connectivity index (χ1v) is 16.8. The zero-order valence-electron chi connectivity index (χ0n) is 27.1. The van der Waals surface area contributed by atoms with Crippen LogP contribution in [0.2, 0.25) is 0 Å². The molecule has 2 aliphatic heterocycles. The molecule has 7 nitrogen and oxygen atoms in total. The minimum absolute atomic E-state index is 0.0335. The van der Waals surface area contributed by atoms with Crippen molar-refractivity contribution in [3.63, 3.8) is 0 Å². The number of nitrogens with zero attached hydrogens (tertiary/aromatic N) is 2. The van der Waals surface area contributed by atoms with E-state index in [9.17, 15) is 28.2 Å². The monoisotopic (exact) mass is 662 g/mol. The zero-order valence-corrected chi connectivity index (χ0v) is 27.1. The van der Waals surface area contributed by atoms with E-state index in [1.807, 2.05) is 38.1 Å². The molecule has 1 amide bonds. The van der Waals surface area contributed by atoms with Crippen LogP contribution in [0.4, 0.5) is 13.2 Å². The maximum atomic E-state index is 14.0. The van der Waals surface area contributed by atoms with Gasteiger partial charge in [0.05, 0.1) is 17.1 Å². The number of aliphatic hydroxyl groups is 1. The van der Waals surface area contributed by atoms with Gasteiger partial charge in [-0.2, -0.15) is 0 Å². The van der Waals surface area contributed by atoms with Gasteiger partial charge in [0.1, 0.15) is 11.9 Å². The Labute approximate surface area is 278 Å². The van der Waals surface area contributed by atoms with Crippen LogP contribution in [0.1, 0.15) is 55.4 Å². The number of alkyl halides is 3. The summed E-state index contributed by atoms with van der Waals surface area (Å²) in [5.41, 5.74) is 1.64.